The van der Waals surface area contributed by atoms with Gasteiger partial charge in [-0.05, 0) is 55.8 Å². The molecule has 2 amide bonds. The minimum absolute atomic E-state index is 0.0930. The van der Waals surface area contributed by atoms with Gasteiger partial charge in [-0.1, -0.05) is 18.2 Å². The molecule has 2 aromatic carbocycles. The number of carbonyl (C=O) groups excluding carboxylic acids is 3. The number of benzene rings is 2. The molecular formula is C22H19FN2O3. The maximum absolute atomic E-state index is 13.3. The van der Waals surface area contributed by atoms with Crippen LogP contribution in [-0.4, -0.2) is 41.1 Å². The first-order valence-corrected chi connectivity index (χ1v) is 9.56. The molecule has 0 spiro atoms. The number of nitrogens with zero attached hydrogens (tertiary/aromatic N) is 2. The van der Waals surface area contributed by atoms with Crippen LogP contribution in [-0.2, 0) is 9.59 Å². The van der Waals surface area contributed by atoms with E-state index in [2.05, 4.69) is 0 Å². The van der Waals surface area contributed by atoms with Crippen molar-refractivity contribution in [1.29, 1.82) is 0 Å². The number of imide groups is 1. The van der Waals surface area contributed by atoms with Gasteiger partial charge >= 0.3 is 0 Å². The van der Waals surface area contributed by atoms with Crippen molar-refractivity contribution in [2.45, 2.75) is 24.9 Å². The monoisotopic (exact) mass is 378 g/mol. The maximum Gasteiger partial charge on any atom is 0.239 e. The van der Waals surface area contributed by atoms with E-state index in [1.165, 1.54) is 29.2 Å². The lowest BCUT2D eigenvalue weighted by Crippen LogP contribution is -2.46. The number of halogens is 1. The fraction of sp³-hybridized carbons (Fsp3) is 0.318. The summed E-state index contributed by atoms with van der Waals surface area (Å²) in [5.74, 6) is -2.33. The minimum Gasteiger partial charge on any atom is -0.292 e. The number of rotatable bonds is 3. The van der Waals surface area contributed by atoms with Crippen LogP contribution in [0.1, 0.15) is 23.2 Å². The second kappa shape index (κ2) is 6.34. The Labute approximate surface area is 161 Å². The second-order valence-corrected chi connectivity index (χ2v) is 7.66. The van der Waals surface area contributed by atoms with Crippen LogP contribution in [0.5, 0.6) is 0 Å². The van der Waals surface area contributed by atoms with Gasteiger partial charge in [0.15, 0.2) is 5.78 Å². The van der Waals surface area contributed by atoms with Gasteiger partial charge in [0.2, 0.25) is 11.8 Å². The lowest BCUT2D eigenvalue weighted by atomic mass is 9.85. The topological polar surface area (TPSA) is 57.7 Å². The van der Waals surface area contributed by atoms with Crippen molar-refractivity contribution < 1.29 is 18.8 Å². The van der Waals surface area contributed by atoms with Crippen LogP contribution in [0.4, 0.5) is 10.1 Å². The molecule has 2 aromatic rings. The number of carbonyl (C=O) groups is 3. The number of ketones is 1. The molecule has 3 aliphatic rings. The molecule has 5 rings (SSSR count). The highest BCUT2D eigenvalue weighted by Gasteiger charge is 2.64. The van der Waals surface area contributed by atoms with E-state index in [0.717, 1.165) is 12.8 Å². The smallest absolute Gasteiger partial charge is 0.239 e. The van der Waals surface area contributed by atoms with Gasteiger partial charge in [-0.15, -0.1) is 0 Å². The molecule has 3 fully saturated rings. The van der Waals surface area contributed by atoms with E-state index < -0.39 is 23.7 Å². The first kappa shape index (κ1) is 17.3. The molecular weight excluding hydrogens is 359 g/mol. The first-order chi connectivity index (χ1) is 13.6. The number of fused-ring (bicyclic) bond motifs is 3. The summed E-state index contributed by atoms with van der Waals surface area (Å²) in [7, 11) is 0. The fourth-order valence-electron chi connectivity index (χ4n) is 5.13. The fourth-order valence-corrected chi connectivity index (χ4v) is 5.13. The van der Waals surface area contributed by atoms with E-state index in [1.807, 2.05) is 11.0 Å². The van der Waals surface area contributed by atoms with Gasteiger partial charge in [0.05, 0.1) is 23.6 Å². The van der Waals surface area contributed by atoms with Crippen molar-refractivity contribution in [1.82, 2.24) is 4.90 Å². The third kappa shape index (κ3) is 2.37. The average Bonchev–Trinajstić information content (AvgIpc) is 3.35. The Bertz CT molecular complexity index is 960. The molecule has 28 heavy (non-hydrogen) atoms. The summed E-state index contributed by atoms with van der Waals surface area (Å²) in [6, 6.07) is 13.5. The molecule has 0 aromatic heterocycles. The third-order valence-corrected chi connectivity index (χ3v) is 6.26. The Balaban J connectivity index is 1.55. The molecule has 0 saturated carbocycles. The van der Waals surface area contributed by atoms with E-state index >= 15 is 0 Å². The van der Waals surface area contributed by atoms with E-state index in [1.54, 1.807) is 24.3 Å². The molecule has 0 aliphatic carbocycles. The summed E-state index contributed by atoms with van der Waals surface area (Å²) in [6.07, 6.45) is 1.70. The molecule has 4 atom stereocenters. The minimum atomic E-state index is -0.685. The third-order valence-electron chi connectivity index (χ3n) is 6.26. The van der Waals surface area contributed by atoms with Gasteiger partial charge in [0.25, 0.3) is 0 Å². The predicted octanol–water partition coefficient (Wildman–Crippen LogP) is 2.66. The first-order valence-electron chi connectivity index (χ1n) is 9.56. The number of anilines is 1. The maximum atomic E-state index is 13.3. The van der Waals surface area contributed by atoms with Crippen LogP contribution in [0.25, 0.3) is 0 Å². The average molecular weight is 378 g/mol. The SMILES string of the molecule is O=C(c1ccc(F)cc1)[C@@H]1[C@H]2C(=O)N(c3ccccc3)C(=O)[C@@H]2[C@@H]2CCCN12. The highest BCUT2D eigenvalue weighted by Crippen LogP contribution is 2.48. The van der Waals surface area contributed by atoms with Crippen molar-refractivity contribution >= 4 is 23.3 Å². The van der Waals surface area contributed by atoms with Crippen LogP contribution in [0, 0.1) is 17.7 Å². The van der Waals surface area contributed by atoms with Gasteiger partial charge < -0.3 is 0 Å². The number of Topliss-reactive ketones (excluding diaryl/α,β-unsaturated/α-hetero) is 1. The number of para-hydroxylation sites is 1. The summed E-state index contributed by atoms with van der Waals surface area (Å²) < 4.78 is 13.3. The summed E-state index contributed by atoms with van der Waals surface area (Å²) in [6.45, 7) is 0.696. The quantitative estimate of drug-likeness (QED) is 0.609. The Morgan fingerprint density at radius 3 is 2.32 bits per heavy atom. The molecule has 3 heterocycles. The van der Waals surface area contributed by atoms with E-state index in [0.29, 0.717) is 17.8 Å². The van der Waals surface area contributed by atoms with Crippen molar-refractivity contribution in [3.05, 3.63) is 66.0 Å². The van der Waals surface area contributed by atoms with Crippen molar-refractivity contribution in [2.24, 2.45) is 11.8 Å². The van der Waals surface area contributed by atoms with Gasteiger partial charge in [-0.3, -0.25) is 19.3 Å². The highest BCUT2D eigenvalue weighted by atomic mass is 19.1. The zero-order chi connectivity index (χ0) is 19.4. The van der Waals surface area contributed by atoms with E-state index in [4.69, 9.17) is 0 Å². The van der Waals surface area contributed by atoms with Crippen molar-refractivity contribution in [3.8, 4) is 0 Å². The molecule has 0 N–H and O–H groups in total. The largest absolute Gasteiger partial charge is 0.292 e. The molecule has 0 unspecified atom stereocenters. The Morgan fingerprint density at radius 1 is 0.929 bits per heavy atom. The van der Waals surface area contributed by atoms with Crippen LogP contribution >= 0.6 is 0 Å². The van der Waals surface area contributed by atoms with E-state index in [9.17, 15) is 18.8 Å². The van der Waals surface area contributed by atoms with Crippen LogP contribution in [0.15, 0.2) is 54.6 Å². The molecule has 3 saturated heterocycles. The summed E-state index contributed by atoms with van der Waals surface area (Å²) >= 11 is 0. The molecule has 0 bridgehead atoms. The Kier molecular flexibility index (Phi) is 3.91. The van der Waals surface area contributed by atoms with Crippen molar-refractivity contribution in [2.75, 3.05) is 11.4 Å². The number of amides is 2. The lowest BCUT2D eigenvalue weighted by Gasteiger charge is -2.27. The Hall–Kier alpha value is -2.86. The van der Waals surface area contributed by atoms with Crippen LogP contribution in [0.3, 0.4) is 0 Å². The van der Waals surface area contributed by atoms with Crippen LogP contribution in [0.2, 0.25) is 0 Å². The number of hydrogen-bond acceptors (Lipinski definition) is 4. The van der Waals surface area contributed by atoms with Gasteiger partial charge in [-0.2, -0.15) is 0 Å². The van der Waals surface area contributed by atoms with Gasteiger partial charge in [-0.25, -0.2) is 9.29 Å². The lowest BCUT2D eigenvalue weighted by molar-refractivity contribution is -0.123. The van der Waals surface area contributed by atoms with Crippen molar-refractivity contribution in [3.63, 3.8) is 0 Å². The number of hydrogen-bond donors (Lipinski definition) is 0. The van der Waals surface area contributed by atoms with E-state index in [-0.39, 0.29) is 23.6 Å². The molecule has 142 valence electrons. The standard InChI is InChI=1S/C22H19FN2O3/c23-14-10-8-13(9-11-14)20(26)19-18-17(16-7-4-12-24(16)19)21(27)25(22(18)28)15-5-2-1-3-6-15/h1-3,5-6,8-11,16-19H,4,7,12H2/t16-,17+,18-,19-/m0/s1. The normalized spacial score (nSPS) is 29.2. The molecule has 0 radical (unpaired) electrons. The zero-order valence-electron chi connectivity index (χ0n) is 15.1. The van der Waals surface area contributed by atoms with Gasteiger partial charge in [0, 0.05) is 11.6 Å². The van der Waals surface area contributed by atoms with Gasteiger partial charge in [0.1, 0.15) is 5.82 Å². The Morgan fingerprint density at radius 2 is 1.61 bits per heavy atom. The zero-order valence-corrected chi connectivity index (χ0v) is 15.1. The molecule has 3 aliphatic heterocycles. The highest BCUT2D eigenvalue weighted by molar-refractivity contribution is 6.24. The second-order valence-electron chi connectivity index (χ2n) is 7.66. The molecule has 6 heteroatoms. The summed E-state index contributed by atoms with van der Waals surface area (Å²) in [5.41, 5.74) is 0.917. The van der Waals surface area contributed by atoms with Crippen LogP contribution < -0.4 is 4.90 Å². The summed E-state index contributed by atoms with van der Waals surface area (Å²) in [4.78, 5) is 43.1. The predicted molar refractivity (Wildman–Crippen MR) is 100 cm³/mol. The molecule has 5 nitrogen and oxygen atoms in total. The summed E-state index contributed by atoms with van der Waals surface area (Å²) in [5, 5.41) is 0.